The third kappa shape index (κ3) is 964. The van der Waals surface area contributed by atoms with Crippen molar-refractivity contribution in [2.24, 2.45) is 0 Å². The number of unbranched alkanes of at least 4 members (excludes halogenated alkanes) is 3. The van der Waals surface area contributed by atoms with Crippen molar-refractivity contribution in [2.45, 2.75) is 59.3 Å². The summed E-state index contributed by atoms with van der Waals surface area (Å²) in [7, 11) is -21.7. The Morgan fingerprint density at radius 2 is 0.302 bits per heavy atom. The molecule has 0 saturated heterocycles. The highest BCUT2D eigenvalue weighted by Gasteiger charge is 2.02. The van der Waals surface area contributed by atoms with Gasteiger partial charge in [0.1, 0.15) is 0 Å². The van der Waals surface area contributed by atoms with E-state index in [9.17, 15) is 0 Å². The van der Waals surface area contributed by atoms with Crippen molar-refractivity contribution >= 4 is 73.2 Å². The lowest BCUT2D eigenvalue weighted by atomic mass is 10.2. The minimum absolute atomic E-state index is 1.32. The minimum Gasteiger partial charge on any atom is -0.402 e. The van der Waals surface area contributed by atoms with E-state index in [1.54, 1.807) is 0 Å². The van der Waals surface area contributed by atoms with E-state index in [0.717, 1.165) is 0 Å². The fourth-order valence-corrected chi connectivity index (χ4v) is 1.48. The quantitative estimate of drug-likeness (QED) is 0.0962. The molecule has 0 saturated carbocycles. The van der Waals surface area contributed by atoms with Gasteiger partial charge in [-0.05, 0) is 38.9 Å². The average molecular weight is 804 g/mol. The summed E-state index contributed by atoms with van der Waals surface area (Å²) in [5.74, 6) is 0. The molecule has 0 bridgehead atoms. The first-order chi connectivity index (χ1) is 23.7. The van der Waals surface area contributed by atoms with Crippen LogP contribution in [0.4, 0.5) is 0 Å². The van der Waals surface area contributed by atoms with E-state index in [1.807, 2.05) is 0 Å². The van der Waals surface area contributed by atoms with Crippen molar-refractivity contribution in [3.05, 3.63) is 0 Å². The molecule has 41 heteroatoms. The van der Waals surface area contributed by atoms with Crippen LogP contribution in [-0.4, -0.2) is 248 Å². The van der Waals surface area contributed by atoms with E-state index < -0.39 is 73.2 Å². The molecule has 0 spiro atoms. The van der Waals surface area contributed by atoms with E-state index in [-0.39, 0.29) is 0 Å². The highest BCUT2D eigenvalue weighted by molar-refractivity contribution is 6.32. The molecule has 0 aliphatic heterocycles. The molecule has 0 aliphatic rings. The van der Waals surface area contributed by atoms with Gasteiger partial charge in [0.2, 0.25) is 0 Å². The molecule has 0 unspecified atom stereocenters. The Kier molecular flexibility index (Phi) is 116. The molecule has 0 atom stereocenters. The van der Waals surface area contributed by atoms with Gasteiger partial charge in [0.25, 0.3) is 0 Å². The van der Waals surface area contributed by atoms with Crippen LogP contribution in [0.3, 0.4) is 0 Å². The molecule has 320 valence electrons. The van der Waals surface area contributed by atoms with Crippen molar-refractivity contribution in [3.8, 4) is 0 Å². The summed E-state index contributed by atoms with van der Waals surface area (Å²) < 4.78 is 0. The zero-order chi connectivity index (χ0) is 45.7. The monoisotopic (exact) mass is 805 g/mol. The average Bonchev–Trinajstić information content (AvgIpc) is 2.85. The molecule has 0 radical (unpaired) electrons. The first kappa shape index (κ1) is 80.8. The number of rotatable bonds is 9. The third-order valence-electron chi connectivity index (χ3n) is 2.48. The van der Waals surface area contributed by atoms with Crippen LogP contribution in [0.25, 0.3) is 0 Å². The van der Waals surface area contributed by atoms with E-state index in [1.165, 1.54) is 58.2 Å². The van der Waals surface area contributed by atoms with Crippen LogP contribution in [-0.2, 0) is 0 Å². The summed E-state index contributed by atoms with van der Waals surface area (Å²) in [4.78, 5) is 2.64. The van der Waals surface area contributed by atoms with E-state index in [4.69, 9.17) is 151 Å². The zero-order valence-electron chi connectivity index (χ0n) is 29.0. The molecule has 0 aromatic rings. The van der Waals surface area contributed by atoms with Gasteiger partial charge in [-0.15, -0.1) is 0 Å². The minimum atomic E-state index is -2.17. The summed E-state index contributed by atoms with van der Waals surface area (Å²) in [6.45, 7) is 10.8. The molecule has 0 aliphatic carbocycles. The molecular weight excluding hydrogens is 746 g/mol. The molecule has 0 amide bonds. The van der Waals surface area contributed by atoms with Crippen LogP contribution < -0.4 is 0 Å². The van der Waals surface area contributed by atoms with Gasteiger partial charge in [0.15, 0.2) is 0 Å². The van der Waals surface area contributed by atoms with Crippen molar-refractivity contribution < 1.29 is 151 Å². The summed E-state index contributed by atoms with van der Waals surface area (Å²) >= 11 is 0. The fraction of sp³-hybridized carbons (Fsp3) is 1.00. The molecule has 31 nitrogen and oxygen atoms in total. The van der Waals surface area contributed by atoms with Gasteiger partial charge in [0.05, 0.1) is 0 Å². The van der Waals surface area contributed by atoms with Gasteiger partial charge in [-0.25, -0.2) is 0 Å². The Hall–Kier alpha value is -0.591. The standard InChI is InChI=1S/C12H27N.10BH3O3/c1-4-7-10-13(11-8-5-2)12-9-6-3;10*2-1(3)4/h4-12H2,1-3H3;10*2-4H. The van der Waals surface area contributed by atoms with Crippen LogP contribution in [0.2, 0.25) is 0 Å². The van der Waals surface area contributed by atoms with Crippen LogP contribution in [0.5, 0.6) is 0 Å². The first-order valence-electron chi connectivity index (χ1n) is 13.8. The summed E-state index contributed by atoms with van der Waals surface area (Å²) in [5, 5.41) is 215. The molecule has 0 heterocycles. The van der Waals surface area contributed by atoms with Crippen molar-refractivity contribution in [1.82, 2.24) is 4.90 Å². The summed E-state index contributed by atoms with van der Waals surface area (Å²) in [6, 6.07) is 0. The van der Waals surface area contributed by atoms with Gasteiger partial charge < -0.3 is 156 Å². The van der Waals surface area contributed by atoms with Crippen LogP contribution in [0.1, 0.15) is 59.3 Å². The maximum atomic E-state index is 7.17. The molecule has 0 aromatic heterocycles. The van der Waals surface area contributed by atoms with E-state index in [2.05, 4.69) is 25.7 Å². The molecule has 53 heavy (non-hydrogen) atoms. The third-order valence-corrected chi connectivity index (χ3v) is 2.48. The Bertz CT molecular complexity index is 367. The second kappa shape index (κ2) is 76.2. The van der Waals surface area contributed by atoms with Gasteiger partial charge in [-0.1, -0.05) is 40.0 Å². The Labute approximate surface area is 308 Å². The van der Waals surface area contributed by atoms with Gasteiger partial charge in [-0.2, -0.15) is 0 Å². The van der Waals surface area contributed by atoms with Crippen molar-refractivity contribution in [2.75, 3.05) is 19.6 Å². The van der Waals surface area contributed by atoms with Gasteiger partial charge in [-0.3, -0.25) is 0 Å². The number of hydrogen-bond acceptors (Lipinski definition) is 31. The normalized spacial score (nSPS) is 7.81. The fourth-order valence-electron chi connectivity index (χ4n) is 1.48. The largest absolute Gasteiger partial charge is 0.631 e. The van der Waals surface area contributed by atoms with Crippen molar-refractivity contribution in [3.63, 3.8) is 0 Å². The Balaban J connectivity index is -0.0000000426. The van der Waals surface area contributed by atoms with Crippen LogP contribution in [0, 0.1) is 0 Å². The predicted molar refractivity (Wildman–Crippen MR) is 185 cm³/mol. The lowest BCUT2D eigenvalue weighted by Gasteiger charge is -2.21. The number of hydrogen-bond donors (Lipinski definition) is 30. The molecular formula is C12H57B10NO30. The Morgan fingerprint density at radius 3 is 0.358 bits per heavy atom. The lowest BCUT2D eigenvalue weighted by molar-refractivity contribution is 0.261. The molecule has 0 rings (SSSR count). The molecule has 0 fully saturated rings. The second-order valence-electron chi connectivity index (χ2n) is 7.37. The highest BCUT2D eigenvalue weighted by atomic mass is 16.6. The maximum Gasteiger partial charge on any atom is 0.631 e. The predicted octanol–water partition coefficient (Wildman–Crippen LogP) is -16.8. The smallest absolute Gasteiger partial charge is 0.402 e. The summed E-state index contributed by atoms with van der Waals surface area (Å²) in [5.41, 5.74) is 0. The molecule has 30 N–H and O–H groups in total. The van der Waals surface area contributed by atoms with Crippen LogP contribution in [0.15, 0.2) is 0 Å². The second-order valence-corrected chi connectivity index (χ2v) is 7.37. The first-order valence-corrected chi connectivity index (χ1v) is 13.8. The lowest BCUT2D eigenvalue weighted by Crippen LogP contribution is -2.27. The topological polar surface area (TPSA) is 610 Å². The summed E-state index contributed by atoms with van der Waals surface area (Å²) in [6.07, 6.45) is 8.09. The maximum absolute atomic E-state index is 7.17. The zero-order valence-corrected chi connectivity index (χ0v) is 29.0. The Morgan fingerprint density at radius 1 is 0.226 bits per heavy atom. The van der Waals surface area contributed by atoms with Gasteiger partial charge in [0, 0.05) is 0 Å². The highest BCUT2D eigenvalue weighted by Crippen LogP contribution is 2.01. The van der Waals surface area contributed by atoms with Gasteiger partial charge >= 0.3 is 73.2 Å². The van der Waals surface area contributed by atoms with E-state index in [0.29, 0.717) is 0 Å². The number of nitrogens with zero attached hydrogens (tertiary/aromatic N) is 1. The van der Waals surface area contributed by atoms with Crippen molar-refractivity contribution in [1.29, 1.82) is 0 Å². The van der Waals surface area contributed by atoms with E-state index >= 15 is 0 Å². The SMILES string of the molecule is CCCCN(CCCC)CCCC.OB(O)O.OB(O)O.OB(O)O.OB(O)O.OB(O)O.OB(O)O.OB(O)O.OB(O)O.OB(O)O.OB(O)O. The van der Waals surface area contributed by atoms with Crippen LogP contribution >= 0.6 is 0 Å². The molecule has 0 aromatic carbocycles.